The molecule has 1 fully saturated rings. The molecule has 19 heavy (non-hydrogen) atoms. The SMILES string of the molecule is CCOC(=O)c1cc(CC)sc1NC(=O)C1CC1C. The first-order chi connectivity index (χ1) is 9.06. The molecule has 0 aliphatic heterocycles. The maximum atomic E-state index is 12.0. The number of hydrogen-bond acceptors (Lipinski definition) is 4. The van der Waals surface area contributed by atoms with Crippen molar-refractivity contribution in [1.82, 2.24) is 0 Å². The first kappa shape index (κ1) is 14.1. The molecule has 104 valence electrons. The fourth-order valence-electron chi connectivity index (χ4n) is 1.96. The zero-order valence-electron chi connectivity index (χ0n) is 11.5. The van der Waals surface area contributed by atoms with E-state index in [2.05, 4.69) is 12.2 Å². The zero-order chi connectivity index (χ0) is 14.0. The molecule has 0 radical (unpaired) electrons. The van der Waals surface area contributed by atoms with Gasteiger partial charge in [-0.3, -0.25) is 4.79 Å². The number of anilines is 1. The number of esters is 1. The first-order valence-electron chi connectivity index (χ1n) is 6.67. The zero-order valence-corrected chi connectivity index (χ0v) is 12.3. The molecule has 5 heteroatoms. The predicted octanol–water partition coefficient (Wildman–Crippen LogP) is 3.08. The molecule has 2 unspecified atom stereocenters. The fraction of sp³-hybridized carbons (Fsp3) is 0.571. The first-order valence-corrected chi connectivity index (χ1v) is 7.49. The molecule has 4 nitrogen and oxygen atoms in total. The van der Waals surface area contributed by atoms with Crippen molar-refractivity contribution in [2.45, 2.75) is 33.6 Å². The predicted molar refractivity (Wildman–Crippen MR) is 75.6 cm³/mol. The van der Waals surface area contributed by atoms with Crippen molar-refractivity contribution >= 4 is 28.2 Å². The molecule has 1 aliphatic carbocycles. The maximum absolute atomic E-state index is 12.0. The number of carbonyl (C=O) groups is 2. The standard InChI is InChI=1S/C14H19NO3S/c1-4-9-7-11(14(17)18-5-2)13(19-9)15-12(16)10-6-8(10)3/h7-8,10H,4-6H2,1-3H3,(H,15,16). The lowest BCUT2D eigenvalue weighted by atomic mass is 10.2. The van der Waals surface area contributed by atoms with Gasteiger partial charge in [0.15, 0.2) is 0 Å². The van der Waals surface area contributed by atoms with Crippen molar-refractivity contribution in [2.24, 2.45) is 11.8 Å². The highest BCUT2D eigenvalue weighted by Gasteiger charge is 2.39. The highest BCUT2D eigenvalue weighted by Crippen LogP contribution is 2.39. The summed E-state index contributed by atoms with van der Waals surface area (Å²) in [7, 11) is 0. The van der Waals surface area contributed by atoms with Gasteiger partial charge in [-0.2, -0.15) is 0 Å². The molecule has 0 aromatic carbocycles. The molecule has 0 bridgehead atoms. The summed E-state index contributed by atoms with van der Waals surface area (Å²) in [6.07, 6.45) is 1.78. The van der Waals surface area contributed by atoms with Gasteiger partial charge < -0.3 is 10.1 Å². The van der Waals surface area contributed by atoms with Crippen LogP contribution in [0, 0.1) is 11.8 Å². The van der Waals surface area contributed by atoms with Crippen LogP contribution < -0.4 is 5.32 Å². The molecule has 1 aliphatic rings. The smallest absolute Gasteiger partial charge is 0.341 e. The number of thiophene rings is 1. The van der Waals surface area contributed by atoms with E-state index in [0.717, 1.165) is 17.7 Å². The Kier molecular flexibility index (Phi) is 4.24. The third-order valence-electron chi connectivity index (χ3n) is 3.31. The van der Waals surface area contributed by atoms with Gasteiger partial charge in [0.25, 0.3) is 0 Å². The molecule has 1 N–H and O–H groups in total. The van der Waals surface area contributed by atoms with Gasteiger partial charge in [-0.25, -0.2) is 4.79 Å². The van der Waals surface area contributed by atoms with Gasteiger partial charge in [-0.1, -0.05) is 13.8 Å². The van der Waals surface area contributed by atoms with Gasteiger partial charge in [0.1, 0.15) is 5.00 Å². The van der Waals surface area contributed by atoms with Crippen molar-refractivity contribution in [3.05, 3.63) is 16.5 Å². The quantitative estimate of drug-likeness (QED) is 0.844. The summed E-state index contributed by atoms with van der Waals surface area (Å²) in [4.78, 5) is 24.9. The van der Waals surface area contributed by atoms with Crippen LogP contribution in [0.25, 0.3) is 0 Å². The third-order valence-corrected chi connectivity index (χ3v) is 4.50. The normalized spacial score (nSPS) is 21.0. The minimum absolute atomic E-state index is 0.0163. The number of nitrogens with one attached hydrogen (secondary N) is 1. The van der Waals surface area contributed by atoms with Crippen molar-refractivity contribution < 1.29 is 14.3 Å². The molecule has 1 saturated carbocycles. The number of hydrogen-bond donors (Lipinski definition) is 1. The molecular weight excluding hydrogens is 262 g/mol. The van der Waals surface area contributed by atoms with Crippen LogP contribution in [0.15, 0.2) is 6.07 Å². The van der Waals surface area contributed by atoms with Gasteiger partial charge in [0.2, 0.25) is 5.91 Å². The molecular formula is C14H19NO3S. The summed E-state index contributed by atoms with van der Waals surface area (Å²) in [5.41, 5.74) is 0.477. The number of ether oxygens (including phenoxy) is 1. The number of aryl methyl sites for hydroxylation is 1. The van der Waals surface area contributed by atoms with Crippen LogP contribution >= 0.6 is 11.3 Å². The second-order valence-corrected chi connectivity index (χ2v) is 5.98. The lowest BCUT2D eigenvalue weighted by molar-refractivity contribution is -0.117. The summed E-state index contributed by atoms with van der Waals surface area (Å²) in [5.74, 6) is 0.207. The average molecular weight is 281 g/mol. The van der Waals surface area contributed by atoms with Gasteiger partial charge in [-0.15, -0.1) is 11.3 Å². The van der Waals surface area contributed by atoms with Crippen molar-refractivity contribution in [3.63, 3.8) is 0 Å². The Morgan fingerprint density at radius 3 is 2.68 bits per heavy atom. The van der Waals surface area contributed by atoms with E-state index in [1.165, 1.54) is 11.3 Å². The number of rotatable bonds is 5. The Hall–Kier alpha value is -1.36. The van der Waals surface area contributed by atoms with Crippen LogP contribution in [-0.2, 0) is 16.0 Å². The van der Waals surface area contributed by atoms with Crippen LogP contribution in [-0.4, -0.2) is 18.5 Å². The molecule has 2 rings (SSSR count). The number of carbonyl (C=O) groups excluding carboxylic acids is 2. The van der Waals surface area contributed by atoms with Crippen LogP contribution in [0.5, 0.6) is 0 Å². The van der Waals surface area contributed by atoms with Crippen molar-refractivity contribution in [3.8, 4) is 0 Å². The van der Waals surface area contributed by atoms with Gasteiger partial charge in [0.05, 0.1) is 12.2 Å². The molecule has 0 spiro atoms. The largest absolute Gasteiger partial charge is 0.462 e. The molecule has 0 saturated heterocycles. The summed E-state index contributed by atoms with van der Waals surface area (Å²) < 4.78 is 5.02. The fourth-order valence-corrected chi connectivity index (χ4v) is 2.95. The highest BCUT2D eigenvalue weighted by molar-refractivity contribution is 7.16. The summed E-state index contributed by atoms with van der Waals surface area (Å²) in [6.45, 7) is 6.19. The lowest BCUT2D eigenvalue weighted by Crippen LogP contribution is -2.16. The monoisotopic (exact) mass is 281 g/mol. The minimum Gasteiger partial charge on any atom is -0.462 e. The van der Waals surface area contributed by atoms with E-state index in [1.807, 2.05) is 13.0 Å². The Bertz CT molecular complexity index is 495. The summed E-state index contributed by atoms with van der Waals surface area (Å²) in [5, 5.41) is 3.50. The van der Waals surface area contributed by atoms with Crippen LogP contribution in [0.4, 0.5) is 5.00 Å². The molecule has 1 aromatic rings. The minimum atomic E-state index is -0.363. The van der Waals surface area contributed by atoms with E-state index < -0.39 is 0 Å². The Morgan fingerprint density at radius 2 is 2.16 bits per heavy atom. The molecule has 1 amide bonds. The second-order valence-electron chi connectivity index (χ2n) is 4.84. The van der Waals surface area contributed by atoms with Crippen LogP contribution in [0.1, 0.15) is 42.4 Å². The van der Waals surface area contributed by atoms with E-state index in [1.54, 1.807) is 6.92 Å². The van der Waals surface area contributed by atoms with E-state index in [9.17, 15) is 9.59 Å². The topological polar surface area (TPSA) is 55.4 Å². The summed E-state index contributed by atoms with van der Waals surface area (Å²) >= 11 is 1.46. The van der Waals surface area contributed by atoms with Crippen LogP contribution in [0.2, 0.25) is 0 Å². The Balaban J connectivity index is 2.15. The van der Waals surface area contributed by atoms with E-state index in [4.69, 9.17) is 4.74 Å². The lowest BCUT2D eigenvalue weighted by Gasteiger charge is -2.05. The van der Waals surface area contributed by atoms with Gasteiger partial charge >= 0.3 is 5.97 Å². The second kappa shape index (κ2) is 5.74. The van der Waals surface area contributed by atoms with Crippen molar-refractivity contribution in [1.29, 1.82) is 0 Å². The molecule has 1 heterocycles. The van der Waals surface area contributed by atoms with E-state index >= 15 is 0 Å². The van der Waals surface area contributed by atoms with E-state index in [0.29, 0.717) is 23.1 Å². The Morgan fingerprint density at radius 1 is 1.47 bits per heavy atom. The molecule has 1 aromatic heterocycles. The van der Waals surface area contributed by atoms with Crippen LogP contribution in [0.3, 0.4) is 0 Å². The third kappa shape index (κ3) is 3.15. The van der Waals surface area contributed by atoms with Crippen molar-refractivity contribution in [2.75, 3.05) is 11.9 Å². The average Bonchev–Trinajstić information content (AvgIpc) is 2.97. The summed E-state index contributed by atoms with van der Waals surface area (Å²) in [6, 6.07) is 1.81. The molecule has 2 atom stereocenters. The Labute approximate surface area is 117 Å². The van der Waals surface area contributed by atoms with Gasteiger partial charge in [0, 0.05) is 10.8 Å². The van der Waals surface area contributed by atoms with E-state index in [-0.39, 0.29) is 17.8 Å². The van der Waals surface area contributed by atoms with Gasteiger partial charge in [-0.05, 0) is 31.7 Å². The maximum Gasteiger partial charge on any atom is 0.341 e. The highest BCUT2D eigenvalue weighted by atomic mass is 32.1. The number of amides is 1.